The molecule has 0 amide bonds. The number of hydrogen-bond acceptors (Lipinski definition) is 4. The third-order valence-corrected chi connectivity index (χ3v) is 3.72. The first-order valence-corrected chi connectivity index (χ1v) is 8.59. The van der Waals surface area contributed by atoms with Gasteiger partial charge in [0, 0.05) is 5.56 Å². The van der Waals surface area contributed by atoms with Crippen LogP contribution in [-0.2, 0) is 7.59 Å². The van der Waals surface area contributed by atoms with E-state index in [4.69, 9.17) is 74.3 Å². The van der Waals surface area contributed by atoms with Gasteiger partial charge < -0.3 is 4.74 Å². The number of hydrogen-bond donors (Lipinski definition) is 0. The van der Waals surface area contributed by atoms with Gasteiger partial charge in [0.25, 0.3) is 0 Å². The Morgan fingerprint density at radius 3 is 1.88 bits per heavy atom. The van der Waals surface area contributed by atoms with E-state index >= 15 is 0 Å². The zero-order chi connectivity index (χ0) is 18.0. The lowest BCUT2D eigenvalue weighted by atomic mass is 10.2. The van der Waals surface area contributed by atoms with E-state index in [9.17, 15) is 0 Å². The van der Waals surface area contributed by atoms with Gasteiger partial charge in [0.15, 0.2) is 17.5 Å². The van der Waals surface area contributed by atoms with Crippen molar-refractivity contribution in [3.05, 3.63) is 47.3 Å². The van der Waals surface area contributed by atoms with Gasteiger partial charge in [-0.25, -0.2) is 15.0 Å². The Morgan fingerprint density at radius 2 is 1.38 bits per heavy atom. The van der Waals surface area contributed by atoms with E-state index < -0.39 is 7.59 Å². The van der Waals surface area contributed by atoms with Crippen LogP contribution >= 0.6 is 69.6 Å². The van der Waals surface area contributed by atoms with E-state index in [1.54, 1.807) is 19.3 Å². The predicted octanol–water partition coefficient (Wildman–Crippen LogP) is 5.70. The smallest absolute Gasteiger partial charge is 0.250 e. The van der Waals surface area contributed by atoms with Gasteiger partial charge in [-0.05, 0) is 18.2 Å². The number of ether oxygens (including phenoxy) is 1. The first-order valence-electron chi connectivity index (χ1n) is 6.33. The normalized spacial score (nSPS) is 12.6. The number of halogens is 6. The van der Waals surface area contributed by atoms with E-state index in [-0.39, 0.29) is 17.5 Å². The quantitative estimate of drug-likeness (QED) is 0.566. The van der Waals surface area contributed by atoms with E-state index in [0.717, 1.165) is 5.56 Å². The summed E-state index contributed by atoms with van der Waals surface area (Å²) in [7, 11) is 1.57. The summed E-state index contributed by atoms with van der Waals surface area (Å²) in [6.07, 6.45) is 3.29. The third-order valence-electron chi connectivity index (χ3n) is 2.71. The maximum atomic E-state index is 5.82. The maximum Gasteiger partial charge on any atom is 0.250 e. The van der Waals surface area contributed by atoms with Gasteiger partial charge in [0.1, 0.15) is 5.75 Å². The van der Waals surface area contributed by atoms with Crippen LogP contribution in [0.1, 0.15) is 23.0 Å². The number of benzene rings is 1. The molecule has 1 aromatic carbocycles. The monoisotopic (exact) mass is 445 g/mol. The Morgan fingerprint density at radius 1 is 0.833 bits per heavy atom. The zero-order valence-corrected chi connectivity index (χ0v) is 16.5. The molecule has 0 unspecified atom stereocenters. The van der Waals surface area contributed by atoms with Crippen molar-refractivity contribution in [2.75, 3.05) is 7.11 Å². The van der Waals surface area contributed by atoms with Gasteiger partial charge >= 0.3 is 0 Å². The summed E-state index contributed by atoms with van der Waals surface area (Å²) in [6, 6.07) is 7.37. The molecule has 0 aliphatic heterocycles. The number of rotatable bonds is 3. The Bertz CT molecular complexity index is 723. The number of para-hydroxylation sites is 1. The lowest BCUT2D eigenvalue weighted by molar-refractivity contribution is 0.414. The number of nitrogens with zero attached hydrogens (tertiary/aromatic N) is 3. The van der Waals surface area contributed by atoms with Gasteiger partial charge in [0.2, 0.25) is 7.59 Å². The molecule has 2 rings (SSSR count). The summed E-state index contributed by atoms with van der Waals surface area (Å²) >= 11 is 34.9. The van der Waals surface area contributed by atoms with Gasteiger partial charge in [-0.3, -0.25) is 0 Å². The minimum absolute atomic E-state index is 0.150. The van der Waals surface area contributed by atoms with Crippen molar-refractivity contribution in [3.8, 4) is 5.75 Å². The van der Waals surface area contributed by atoms with Crippen molar-refractivity contribution in [3.63, 3.8) is 0 Å². The third kappa shape index (κ3) is 5.25. The molecule has 0 bridgehead atoms. The second kappa shape index (κ2) is 7.81. The molecule has 0 fully saturated rings. The maximum absolute atomic E-state index is 5.82. The highest BCUT2D eigenvalue weighted by molar-refractivity contribution is 6.67. The zero-order valence-electron chi connectivity index (χ0n) is 12.0. The first-order chi connectivity index (χ1) is 11.1. The molecule has 0 saturated heterocycles. The first kappa shape index (κ1) is 19.8. The highest BCUT2D eigenvalue weighted by Gasteiger charge is 2.33. The van der Waals surface area contributed by atoms with E-state index in [1.165, 1.54) is 0 Å². The van der Waals surface area contributed by atoms with Crippen LogP contribution in [0, 0.1) is 0 Å². The molecule has 0 atom stereocenters. The summed E-state index contributed by atoms with van der Waals surface area (Å²) < 4.78 is 1.48. The lowest BCUT2D eigenvalue weighted by Crippen LogP contribution is -2.16. The van der Waals surface area contributed by atoms with Crippen molar-refractivity contribution in [2.45, 2.75) is 7.59 Å². The molecule has 1 aromatic heterocycles. The van der Waals surface area contributed by atoms with Crippen LogP contribution in [0.3, 0.4) is 0 Å². The van der Waals surface area contributed by atoms with Crippen LogP contribution in [0.4, 0.5) is 0 Å². The average Bonchev–Trinajstić information content (AvgIpc) is 2.51. The molecule has 24 heavy (non-hydrogen) atoms. The van der Waals surface area contributed by atoms with Gasteiger partial charge in [-0.1, -0.05) is 87.8 Å². The second-order valence-electron chi connectivity index (χ2n) is 4.41. The van der Waals surface area contributed by atoms with E-state index in [0.29, 0.717) is 5.75 Å². The fourth-order valence-corrected chi connectivity index (χ4v) is 2.20. The lowest BCUT2D eigenvalue weighted by Gasteiger charge is -2.14. The summed E-state index contributed by atoms with van der Waals surface area (Å²) in [5.41, 5.74) is 0.797. The molecule has 128 valence electrons. The Balaban J connectivity index is 2.48. The number of aromatic nitrogens is 3. The summed E-state index contributed by atoms with van der Waals surface area (Å²) in [6.45, 7) is 0. The van der Waals surface area contributed by atoms with Crippen molar-refractivity contribution in [2.24, 2.45) is 0 Å². The number of alkyl halides is 6. The molecule has 2 aromatic rings. The fraction of sp³-hybridized carbons (Fsp3) is 0.214. The summed E-state index contributed by atoms with van der Waals surface area (Å²) in [4.78, 5) is 12.0. The molecule has 0 spiro atoms. The van der Waals surface area contributed by atoms with Crippen LogP contribution in [0.15, 0.2) is 24.3 Å². The topological polar surface area (TPSA) is 47.9 Å². The van der Waals surface area contributed by atoms with Crippen LogP contribution in [0.2, 0.25) is 0 Å². The van der Waals surface area contributed by atoms with Gasteiger partial charge in [-0.15, -0.1) is 0 Å². The minimum Gasteiger partial charge on any atom is -0.496 e. The fourth-order valence-electron chi connectivity index (χ4n) is 1.69. The highest BCUT2D eigenvalue weighted by Crippen LogP contribution is 2.40. The van der Waals surface area contributed by atoms with Gasteiger partial charge in [-0.2, -0.15) is 0 Å². The average molecular weight is 448 g/mol. The predicted molar refractivity (Wildman–Crippen MR) is 100 cm³/mol. The van der Waals surface area contributed by atoms with Crippen LogP contribution in [0.25, 0.3) is 12.2 Å². The van der Waals surface area contributed by atoms with Crippen LogP contribution in [-0.4, -0.2) is 22.1 Å². The Kier molecular flexibility index (Phi) is 6.46. The Labute approximate surface area is 168 Å². The van der Waals surface area contributed by atoms with Crippen LogP contribution in [0.5, 0.6) is 5.75 Å². The second-order valence-corrected chi connectivity index (χ2v) is 8.97. The van der Waals surface area contributed by atoms with E-state index in [2.05, 4.69) is 15.0 Å². The molecule has 10 heteroatoms. The molecule has 4 nitrogen and oxygen atoms in total. The molecule has 0 saturated carbocycles. The van der Waals surface area contributed by atoms with Crippen molar-refractivity contribution in [1.82, 2.24) is 15.0 Å². The number of methoxy groups -OCH3 is 1. The molecular formula is C14H9Cl6N3O. The molecule has 0 aliphatic carbocycles. The molecule has 1 heterocycles. The molecule has 0 aliphatic rings. The van der Waals surface area contributed by atoms with Gasteiger partial charge in [0.05, 0.1) is 7.11 Å². The molecule has 0 N–H and O–H groups in total. The van der Waals surface area contributed by atoms with Crippen LogP contribution < -0.4 is 4.74 Å². The Hall–Kier alpha value is -0.490. The summed E-state index contributed by atoms with van der Waals surface area (Å²) in [5.74, 6) is 0.538. The molecular weight excluding hydrogens is 439 g/mol. The van der Waals surface area contributed by atoms with E-state index in [1.807, 2.05) is 24.3 Å². The summed E-state index contributed by atoms with van der Waals surface area (Å²) in [5, 5.41) is 0. The van der Waals surface area contributed by atoms with Crippen molar-refractivity contribution < 1.29 is 4.74 Å². The van der Waals surface area contributed by atoms with Crippen molar-refractivity contribution in [1.29, 1.82) is 0 Å². The highest BCUT2D eigenvalue weighted by atomic mass is 35.6. The SMILES string of the molecule is COc1ccccc1/C=C/c1nc(C(Cl)(Cl)Cl)nc(C(Cl)(Cl)Cl)n1. The minimum atomic E-state index is -1.89. The molecule has 0 radical (unpaired) electrons. The largest absolute Gasteiger partial charge is 0.496 e. The van der Waals surface area contributed by atoms with Crippen molar-refractivity contribution >= 4 is 81.8 Å². The standard InChI is InChI=1S/C14H9Cl6N3O/c1-24-9-5-3-2-4-8(9)6-7-10-21-11(13(15,16)17)23-12(22-10)14(18,19)20/h2-7H,1H3/b7-6+.